The van der Waals surface area contributed by atoms with Gasteiger partial charge in [-0.05, 0) is 120 Å². The van der Waals surface area contributed by atoms with Crippen LogP contribution in [0.1, 0.15) is 135 Å². The number of rotatable bonds is 24. The molecule has 2 nitrogen and oxygen atoms in total. The number of benzene rings is 3. The molecule has 0 spiro atoms. The van der Waals surface area contributed by atoms with Crippen LogP contribution in [0.3, 0.4) is 0 Å². The Morgan fingerprint density at radius 3 is 2.05 bits per heavy atom. The molecule has 0 aliphatic carbocycles. The Labute approximate surface area is 339 Å². The number of unbranched alkanes of at least 4 members (excludes halogenated alkanes) is 9. The van der Waals surface area contributed by atoms with Crippen LogP contribution in [0, 0.1) is 23.7 Å². The van der Waals surface area contributed by atoms with E-state index in [4.69, 9.17) is 4.74 Å². The van der Waals surface area contributed by atoms with E-state index in [1.807, 2.05) is 31.2 Å². The molecular weight excluding hydrogens is 681 g/mol. The molecule has 2 heteroatoms. The Bertz CT molecular complexity index is 2080. The lowest BCUT2D eigenvalue weighted by Crippen LogP contribution is -2.23. The third-order valence-electron chi connectivity index (χ3n) is 10.2. The largest absolute Gasteiger partial charge is 0.494 e. The molecule has 3 aromatic rings. The Morgan fingerprint density at radius 1 is 0.661 bits per heavy atom. The van der Waals surface area contributed by atoms with Gasteiger partial charge in [-0.1, -0.05) is 158 Å². The zero-order valence-electron chi connectivity index (χ0n) is 34.9. The molecule has 3 rings (SSSR count). The number of ketones is 1. The van der Waals surface area contributed by atoms with E-state index in [0.717, 1.165) is 107 Å². The van der Waals surface area contributed by atoms with Gasteiger partial charge in [0.1, 0.15) is 11.5 Å². The first-order valence-electron chi connectivity index (χ1n) is 21.1. The molecule has 0 radical (unpaired) electrons. The summed E-state index contributed by atoms with van der Waals surface area (Å²) < 4.78 is 6.02. The van der Waals surface area contributed by atoms with E-state index < -0.39 is 0 Å². The van der Waals surface area contributed by atoms with E-state index in [0.29, 0.717) is 24.4 Å². The molecule has 0 aliphatic heterocycles. The van der Waals surface area contributed by atoms with Crippen LogP contribution in [-0.2, 0) is 11.2 Å². The maximum absolute atomic E-state index is 11.4. The number of carbonyl (C=O) groups is 1. The van der Waals surface area contributed by atoms with E-state index in [2.05, 4.69) is 113 Å². The quantitative estimate of drug-likeness (QED) is 0.0395. The summed E-state index contributed by atoms with van der Waals surface area (Å²) >= 11 is 0. The van der Waals surface area contributed by atoms with Gasteiger partial charge in [0, 0.05) is 35.1 Å². The molecule has 3 aromatic carbocycles. The van der Waals surface area contributed by atoms with Crippen LogP contribution >= 0.6 is 0 Å². The van der Waals surface area contributed by atoms with Crippen LogP contribution in [0.2, 0.25) is 0 Å². The van der Waals surface area contributed by atoms with Gasteiger partial charge in [0.25, 0.3) is 0 Å². The SMILES string of the molecule is C=C(C#Cc1ccc2cc(OCCCCCCCC(=O)CC)ccc2c1)/C=C(/CC)C(=C)C#CC(=C)/C=c1/ccc(CCCCCCCCC(=C)CC)cc1=C. The number of carbonyl (C=O) groups excluding carboxylic acids is 1. The van der Waals surface area contributed by atoms with E-state index in [1.165, 1.54) is 56.1 Å². The van der Waals surface area contributed by atoms with Crippen LogP contribution < -0.4 is 15.2 Å². The van der Waals surface area contributed by atoms with Gasteiger partial charge >= 0.3 is 0 Å². The van der Waals surface area contributed by atoms with Gasteiger partial charge in [0.2, 0.25) is 0 Å². The van der Waals surface area contributed by atoms with Crippen molar-refractivity contribution < 1.29 is 9.53 Å². The minimum atomic E-state index is 0.367. The van der Waals surface area contributed by atoms with Crippen molar-refractivity contribution in [1.82, 2.24) is 0 Å². The average molecular weight is 747 g/mol. The van der Waals surface area contributed by atoms with Crippen molar-refractivity contribution in [3.63, 3.8) is 0 Å². The van der Waals surface area contributed by atoms with Crippen molar-refractivity contribution in [3.05, 3.63) is 136 Å². The predicted octanol–water partition coefficient (Wildman–Crippen LogP) is 13.0. The summed E-state index contributed by atoms with van der Waals surface area (Å²) in [6, 6.07) is 19.0. The minimum Gasteiger partial charge on any atom is -0.494 e. The fraction of sp³-hybridized carbons (Fsp3) is 0.389. The number of hydrogen-bond donors (Lipinski definition) is 0. The zero-order valence-corrected chi connectivity index (χ0v) is 34.9. The molecule has 0 fully saturated rings. The summed E-state index contributed by atoms with van der Waals surface area (Å²) in [5, 5.41) is 4.28. The lowest BCUT2D eigenvalue weighted by molar-refractivity contribution is -0.118. The Balaban J connectivity index is 1.47. The van der Waals surface area contributed by atoms with Crippen LogP contribution in [0.25, 0.3) is 23.4 Å². The van der Waals surface area contributed by atoms with Gasteiger partial charge in [-0.2, -0.15) is 0 Å². The third-order valence-corrected chi connectivity index (χ3v) is 10.2. The molecule has 0 N–H and O–H groups in total. The van der Waals surface area contributed by atoms with Crippen LogP contribution in [-0.4, -0.2) is 12.4 Å². The zero-order chi connectivity index (χ0) is 40.5. The van der Waals surface area contributed by atoms with Gasteiger partial charge in [-0.15, -0.1) is 0 Å². The van der Waals surface area contributed by atoms with Crippen LogP contribution in [0.15, 0.2) is 115 Å². The molecule has 0 heterocycles. The van der Waals surface area contributed by atoms with Gasteiger partial charge in [-0.3, -0.25) is 4.79 Å². The van der Waals surface area contributed by atoms with Crippen LogP contribution in [0.5, 0.6) is 5.75 Å². The summed E-state index contributed by atoms with van der Waals surface area (Å²) in [6.45, 7) is 27.9. The number of Topliss-reactive ketones (excluding diaryl/α,β-unsaturated/α-hetero) is 1. The lowest BCUT2D eigenvalue weighted by Gasteiger charge is -2.08. The van der Waals surface area contributed by atoms with Crippen LogP contribution in [0.4, 0.5) is 0 Å². The van der Waals surface area contributed by atoms with Crippen molar-refractivity contribution in [3.8, 4) is 29.4 Å². The van der Waals surface area contributed by atoms with Crippen molar-refractivity contribution in [2.24, 2.45) is 0 Å². The van der Waals surface area contributed by atoms with Gasteiger partial charge < -0.3 is 4.74 Å². The monoisotopic (exact) mass is 747 g/mol. The van der Waals surface area contributed by atoms with Gasteiger partial charge in [0.05, 0.1) is 6.61 Å². The molecule has 0 saturated carbocycles. The first-order chi connectivity index (χ1) is 27.1. The maximum atomic E-state index is 11.4. The van der Waals surface area contributed by atoms with E-state index >= 15 is 0 Å². The Hall–Kier alpha value is -5.05. The predicted molar refractivity (Wildman–Crippen MR) is 244 cm³/mol. The summed E-state index contributed by atoms with van der Waals surface area (Å²) in [7, 11) is 0. The average Bonchev–Trinajstić information content (AvgIpc) is 3.20. The summed E-state index contributed by atoms with van der Waals surface area (Å²) in [5.41, 5.74) is 6.83. The maximum Gasteiger partial charge on any atom is 0.132 e. The second-order valence-corrected chi connectivity index (χ2v) is 14.9. The highest BCUT2D eigenvalue weighted by molar-refractivity contribution is 5.85. The molecule has 0 atom stereocenters. The van der Waals surface area contributed by atoms with E-state index in [9.17, 15) is 4.79 Å². The summed E-state index contributed by atoms with van der Waals surface area (Å²) in [5.74, 6) is 14.1. The minimum absolute atomic E-state index is 0.367. The number of aryl methyl sites for hydroxylation is 1. The molecule has 0 saturated heterocycles. The lowest BCUT2D eigenvalue weighted by atomic mass is 10.0. The molecule has 294 valence electrons. The summed E-state index contributed by atoms with van der Waals surface area (Å²) in [6.07, 6.45) is 22.6. The summed E-state index contributed by atoms with van der Waals surface area (Å²) in [4.78, 5) is 11.4. The highest BCUT2D eigenvalue weighted by atomic mass is 16.5. The fourth-order valence-electron chi connectivity index (χ4n) is 6.52. The molecular formula is C54H66O2. The van der Waals surface area contributed by atoms with Crippen molar-refractivity contribution in [2.45, 2.75) is 130 Å². The van der Waals surface area contributed by atoms with Crippen molar-refractivity contribution in [1.29, 1.82) is 0 Å². The molecule has 0 aliphatic rings. The number of hydrogen-bond acceptors (Lipinski definition) is 2. The molecule has 0 aromatic heterocycles. The van der Waals surface area contributed by atoms with Gasteiger partial charge in [-0.25, -0.2) is 0 Å². The van der Waals surface area contributed by atoms with Gasteiger partial charge in [0.15, 0.2) is 0 Å². The topological polar surface area (TPSA) is 26.3 Å². The third kappa shape index (κ3) is 17.6. The molecule has 0 unspecified atom stereocenters. The Morgan fingerprint density at radius 2 is 1.34 bits per heavy atom. The molecule has 0 bridgehead atoms. The van der Waals surface area contributed by atoms with E-state index in [1.54, 1.807) is 0 Å². The second-order valence-electron chi connectivity index (χ2n) is 14.9. The second kappa shape index (κ2) is 25.9. The van der Waals surface area contributed by atoms with Crippen molar-refractivity contribution in [2.75, 3.05) is 6.61 Å². The highest BCUT2D eigenvalue weighted by Crippen LogP contribution is 2.23. The number of fused-ring (bicyclic) bond motifs is 1. The fourth-order valence-corrected chi connectivity index (χ4v) is 6.52. The smallest absolute Gasteiger partial charge is 0.132 e. The number of ether oxygens (including phenoxy) is 1. The molecule has 0 amide bonds. The Kier molecular flexibility index (Phi) is 21.0. The first kappa shape index (κ1) is 45.3. The van der Waals surface area contributed by atoms with E-state index in [-0.39, 0.29) is 0 Å². The standard InChI is InChI=1S/C54H66O2/c1-9-42(4)23-19-15-12-13-16-20-24-47-30-32-50(46(8)39-47)38-43(5)26-28-45(7)49(10-2)37-44(6)27-29-48-31-33-52-41-54(35-34-51(52)40-48)56-36-22-18-14-17-21-25-53(55)11-3/h30-35,37-41H,4-25,36H2,1-3H3/b49-37-,50-38-. The normalized spacial score (nSPS) is 11.3. The molecule has 56 heavy (non-hydrogen) atoms. The first-order valence-corrected chi connectivity index (χ1v) is 21.1. The number of allylic oxidation sites excluding steroid dienone is 6. The highest BCUT2D eigenvalue weighted by Gasteiger charge is 2.03. The van der Waals surface area contributed by atoms with Crippen molar-refractivity contribution >= 4 is 29.2 Å².